The highest BCUT2D eigenvalue weighted by atomic mass is 19.4. The van der Waals surface area contributed by atoms with Crippen molar-refractivity contribution < 1.29 is 23.1 Å². The van der Waals surface area contributed by atoms with Gasteiger partial charge >= 0.3 is 12.1 Å². The molecule has 8 heteroatoms. The Balaban J connectivity index is 1.49. The number of benzene rings is 2. The van der Waals surface area contributed by atoms with E-state index >= 15 is 0 Å². The van der Waals surface area contributed by atoms with Crippen LogP contribution in [0.15, 0.2) is 42.5 Å². The number of alkyl halides is 3. The molecule has 0 saturated carbocycles. The monoisotopic (exact) mass is 503 g/mol. The lowest BCUT2D eigenvalue weighted by Crippen LogP contribution is -2.47. The molecule has 2 saturated heterocycles. The minimum atomic E-state index is -4.45. The van der Waals surface area contributed by atoms with Crippen molar-refractivity contribution in [3.63, 3.8) is 0 Å². The number of halogens is 3. The Hall–Kier alpha value is -2.74. The van der Waals surface area contributed by atoms with E-state index in [1.54, 1.807) is 44.2 Å². The molecule has 0 atom stereocenters. The zero-order valence-electron chi connectivity index (χ0n) is 21.2. The van der Waals surface area contributed by atoms with Crippen LogP contribution in [0.5, 0.6) is 0 Å². The number of likely N-dealkylation sites (tertiary alicyclic amines) is 1. The van der Waals surface area contributed by atoms with Crippen LogP contribution in [0.2, 0.25) is 0 Å². The molecule has 0 unspecified atom stereocenters. The van der Waals surface area contributed by atoms with Crippen molar-refractivity contribution in [2.45, 2.75) is 64.1 Å². The van der Waals surface area contributed by atoms with E-state index in [9.17, 15) is 23.1 Å². The fourth-order valence-corrected chi connectivity index (χ4v) is 5.17. The molecule has 2 fully saturated rings. The fourth-order valence-electron chi connectivity index (χ4n) is 5.17. The molecule has 2 N–H and O–H groups in total. The highest BCUT2D eigenvalue weighted by molar-refractivity contribution is 5.80. The van der Waals surface area contributed by atoms with Gasteiger partial charge in [0.25, 0.3) is 0 Å². The van der Waals surface area contributed by atoms with Crippen LogP contribution in [-0.2, 0) is 16.4 Å². The summed E-state index contributed by atoms with van der Waals surface area (Å²) in [5.74, 6) is -0.165. The molecule has 0 amide bonds. The molecule has 5 nitrogen and oxygen atoms in total. The van der Waals surface area contributed by atoms with Gasteiger partial charge in [0.05, 0.1) is 11.0 Å². The molecule has 196 valence electrons. The molecule has 2 heterocycles. The molecule has 2 aromatic carbocycles. The van der Waals surface area contributed by atoms with Gasteiger partial charge in [0.2, 0.25) is 0 Å². The summed E-state index contributed by atoms with van der Waals surface area (Å²) in [5.41, 5.74) is 0.414. The van der Waals surface area contributed by atoms with Crippen LogP contribution < -0.4 is 10.2 Å². The third-order valence-corrected chi connectivity index (χ3v) is 7.84. The number of rotatable bonds is 6. The largest absolute Gasteiger partial charge is 0.481 e. The van der Waals surface area contributed by atoms with E-state index in [1.165, 1.54) is 18.9 Å². The SMILES string of the molecule is CC1CCN(C2CCN(c3cc(Nc4ccc(C(C)(C)C(=O)O)cc4)cc(C(F)(F)F)c3)CC2)CC1. The number of nitrogens with zero attached hydrogens (tertiary/aromatic N) is 2. The predicted octanol–water partition coefficient (Wildman–Crippen LogP) is 6.51. The smallest absolute Gasteiger partial charge is 0.416 e. The van der Waals surface area contributed by atoms with Gasteiger partial charge in [-0.2, -0.15) is 13.2 Å². The molecule has 36 heavy (non-hydrogen) atoms. The summed E-state index contributed by atoms with van der Waals surface area (Å²) in [4.78, 5) is 16.1. The average molecular weight is 504 g/mol. The van der Waals surface area contributed by atoms with E-state index in [4.69, 9.17) is 0 Å². The first-order chi connectivity index (χ1) is 16.9. The van der Waals surface area contributed by atoms with Crippen molar-refractivity contribution >= 4 is 23.0 Å². The van der Waals surface area contributed by atoms with Crippen LogP contribution in [0.3, 0.4) is 0 Å². The molecular weight excluding hydrogens is 467 g/mol. The quantitative estimate of drug-likeness (QED) is 0.471. The number of anilines is 3. The Bertz CT molecular complexity index is 1050. The van der Waals surface area contributed by atoms with Gasteiger partial charge in [-0.3, -0.25) is 4.79 Å². The summed E-state index contributed by atoms with van der Waals surface area (Å²) in [7, 11) is 0. The first-order valence-corrected chi connectivity index (χ1v) is 12.8. The van der Waals surface area contributed by atoms with Gasteiger partial charge in [-0.05, 0) is 94.4 Å². The van der Waals surface area contributed by atoms with Crippen LogP contribution >= 0.6 is 0 Å². The van der Waals surface area contributed by atoms with Crippen molar-refractivity contribution in [1.82, 2.24) is 4.90 Å². The summed E-state index contributed by atoms with van der Waals surface area (Å²) in [5, 5.41) is 12.5. The maximum atomic E-state index is 13.7. The molecule has 0 radical (unpaired) electrons. The number of aliphatic carboxylic acids is 1. The number of carbonyl (C=O) groups is 1. The Kier molecular flexibility index (Phi) is 7.55. The summed E-state index contributed by atoms with van der Waals surface area (Å²) in [6, 6.07) is 11.4. The van der Waals surface area contributed by atoms with Gasteiger partial charge in [-0.15, -0.1) is 0 Å². The average Bonchev–Trinajstić information content (AvgIpc) is 2.84. The maximum absolute atomic E-state index is 13.7. The zero-order valence-corrected chi connectivity index (χ0v) is 21.2. The van der Waals surface area contributed by atoms with Crippen LogP contribution in [0, 0.1) is 5.92 Å². The van der Waals surface area contributed by atoms with Crippen LogP contribution in [-0.4, -0.2) is 48.2 Å². The Morgan fingerprint density at radius 1 is 0.889 bits per heavy atom. The zero-order chi connectivity index (χ0) is 26.1. The second-order valence-corrected chi connectivity index (χ2v) is 10.8. The molecule has 2 aliphatic heterocycles. The highest BCUT2D eigenvalue weighted by Crippen LogP contribution is 2.37. The lowest BCUT2D eigenvalue weighted by molar-refractivity contribution is -0.142. The van der Waals surface area contributed by atoms with E-state index < -0.39 is 23.1 Å². The minimum absolute atomic E-state index is 0.359. The molecule has 0 aromatic heterocycles. The molecule has 2 aliphatic rings. The number of hydrogen-bond donors (Lipinski definition) is 2. The lowest BCUT2D eigenvalue weighted by atomic mass is 9.85. The predicted molar refractivity (Wildman–Crippen MR) is 137 cm³/mol. The van der Waals surface area contributed by atoms with Gasteiger partial charge < -0.3 is 20.2 Å². The Morgan fingerprint density at radius 3 is 2.06 bits per heavy atom. The standard InChI is InChI=1S/C28H36F3N3O2/c1-19-8-12-33(13-9-19)24-10-14-34(15-11-24)25-17-21(28(29,30)31)16-23(18-25)32-22-6-4-20(5-7-22)27(2,3)26(35)36/h4-7,16-19,24,32H,8-15H2,1-3H3,(H,35,36). The number of hydrogen-bond acceptors (Lipinski definition) is 4. The third kappa shape index (κ3) is 5.97. The van der Waals surface area contributed by atoms with Crippen molar-refractivity contribution in [3.05, 3.63) is 53.6 Å². The normalized spacial score (nSPS) is 18.9. The van der Waals surface area contributed by atoms with Gasteiger partial charge in [-0.1, -0.05) is 19.1 Å². The first kappa shape index (κ1) is 26.3. The maximum Gasteiger partial charge on any atom is 0.416 e. The summed E-state index contributed by atoms with van der Waals surface area (Å²) >= 11 is 0. The van der Waals surface area contributed by atoms with Crippen molar-refractivity contribution in [1.29, 1.82) is 0 Å². The van der Waals surface area contributed by atoms with E-state index in [1.807, 2.05) is 0 Å². The van der Waals surface area contributed by atoms with Crippen LogP contribution in [0.25, 0.3) is 0 Å². The van der Waals surface area contributed by atoms with Crippen LogP contribution in [0.4, 0.5) is 30.2 Å². The number of piperidine rings is 2. The molecule has 0 bridgehead atoms. The minimum Gasteiger partial charge on any atom is -0.481 e. The summed E-state index contributed by atoms with van der Waals surface area (Å²) < 4.78 is 41.2. The number of nitrogens with one attached hydrogen (secondary N) is 1. The second kappa shape index (κ2) is 10.3. The van der Waals surface area contributed by atoms with E-state index in [2.05, 4.69) is 22.0 Å². The number of carboxylic acids is 1. The van der Waals surface area contributed by atoms with Gasteiger partial charge in [0.15, 0.2) is 0 Å². The van der Waals surface area contributed by atoms with Crippen molar-refractivity contribution in [2.75, 3.05) is 36.4 Å². The second-order valence-electron chi connectivity index (χ2n) is 10.8. The van der Waals surface area contributed by atoms with Gasteiger partial charge in [-0.25, -0.2) is 0 Å². The third-order valence-electron chi connectivity index (χ3n) is 7.84. The van der Waals surface area contributed by atoms with E-state index in [0.29, 0.717) is 28.7 Å². The van der Waals surface area contributed by atoms with Crippen molar-refractivity contribution in [3.8, 4) is 0 Å². The van der Waals surface area contributed by atoms with Gasteiger partial charge in [0.1, 0.15) is 0 Å². The molecule has 0 aliphatic carbocycles. The highest BCUT2D eigenvalue weighted by Gasteiger charge is 2.33. The van der Waals surface area contributed by atoms with Crippen molar-refractivity contribution in [2.24, 2.45) is 5.92 Å². The molecule has 4 rings (SSSR count). The summed E-state index contributed by atoms with van der Waals surface area (Å²) in [6.07, 6.45) is -0.109. The fraction of sp³-hybridized carbons (Fsp3) is 0.536. The molecular formula is C28H36F3N3O2. The number of carboxylic acid groups (broad SMARTS) is 1. The van der Waals surface area contributed by atoms with E-state index in [-0.39, 0.29) is 0 Å². The van der Waals surface area contributed by atoms with E-state index in [0.717, 1.165) is 51.0 Å². The topological polar surface area (TPSA) is 55.8 Å². The Morgan fingerprint density at radius 2 is 1.50 bits per heavy atom. The lowest BCUT2D eigenvalue weighted by Gasteiger charge is -2.42. The molecule has 2 aromatic rings. The first-order valence-electron chi connectivity index (χ1n) is 12.8. The Labute approximate surface area is 211 Å². The van der Waals surface area contributed by atoms with Crippen LogP contribution in [0.1, 0.15) is 57.6 Å². The summed E-state index contributed by atoms with van der Waals surface area (Å²) in [6.45, 7) is 9.23. The van der Waals surface area contributed by atoms with Gasteiger partial charge in [0, 0.05) is 36.2 Å². The molecule has 0 spiro atoms.